The number of phenolic OH excluding ortho intramolecular Hbond substituents is 1. The van der Waals surface area contributed by atoms with Crippen molar-refractivity contribution in [2.75, 3.05) is 0 Å². The summed E-state index contributed by atoms with van der Waals surface area (Å²) in [6.45, 7) is 0. The molecule has 35 heavy (non-hydrogen) atoms. The summed E-state index contributed by atoms with van der Waals surface area (Å²) in [5.74, 6) is 0.116. The van der Waals surface area contributed by atoms with E-state index < -0.39 is 0 Å². The molecule has 0 aliphatic carbocycles. The van der Waals surface area contributed by atoms with Gasteiger partial charge in [-0.15, -0.1) is 0 Å². The topological polar surface area (TPSA) is 44.1 Å². The Labute approximate surface area is 206 Å². The smallest absolute Gasteiger partial charge is 0.124 e. The number of hydrogen-bond acceptors (Lipinski definition) is 2. The van der Waals surface area contributed by atoms with Crippen LogP contribution in [0.2, 0.25) is 0 Å². The van der Waals surface area contributed by atoms with E-state index in [0.717, 1.165) is 33.4 Å². The van der Waals surface area contributed by atoms with Gasteiger partial charge in [0.05, 0.1) is 0 Å². The first-order chi connectivity index (χ1) is 17.2. The molecule has 5 aromatic carbocycles. The molecule has 0 aliphatic heterocycles. The average molecular weight is 452 g/mol. The summed E-state index contributed by atoms with van der Waals surface area (Å²) in [5.41, 5.74) is 9.45. The number of phenols is 1. The molecule has 0 spiro atoms. The minimum Gasteiger partial charge on any atom is -0.507 e. The zero-order chi connectivity index (χ0) is 24.0. The Morgan fingerprint density at radius 2 is 0.886 bits per heavy atom. The second kappa shape index (κ2) is 10.1. The van der Waals surface area contributed by atoms with Gasteiger partial charge in [-0.25, -0.2) is 0 Å². The van der Waals surface area contributed by atoms with Crippen molar-refractivity contribution in [3.63, 3.8) is 0 Å². The Bertz CT molecular complexity index is 1430. The molecule has 0 atom stereocenters. The maximum absolute atomic E-state index is 9.95. The first kappa shape index (κ1) is 22.1. The molecular weight excluding hydrogens is 426 g/mol. The van der Waals surface area contributed by atoms with Gasteiger partial charge in [0.1, 0.15) is 5.75 Å². The third-order valence-corrected chi connectivity index (χ3v) is 6.13. The van der Waals surface area contributed by atoms with Crippen molar-refractivity contribution in [2.24, 2.45) is 0 Å². The fourth-order valence-corrected chi connectivity index (χ4v) is 4.40. The lowest BCUT2D eigenvalue weighted by atomic mass is 9.85. The normalized spacial score (nSPS) is 10.5. The molecule has 0 saturated heterocycles. The van der Waals surface area contributed by atoms with Crippen LogP contribution in [0.15, 0.2) is 133 Å². The van der Waals surface area contributed by atoms with Crippen molar-refractivity contribution in [3.05, 3.63) is 161 Å². The quantitative estimate of drug-likeness (QED) is 0.199. The Morgan fingerprint density at radius 1 is 0.486 bits per heavy atom. The fourth-order valence-electron chi connectivity index (χ4n) is 4.40. The lowest BCUT2D eigenvalue weighted by molar-refractivity contribution is 0.474. The van der Waals surface area contributed by atoms with Gasteiger partial charge in [0.2, 0.25) is 0 Å². The molecule has 5 rings (SSSR count). The summed E-state index contributed by atoms with van der Waals surface area (Å²) in [6, 6.07) is 45.4. The third kappa shape index (κ3) is 4.68. The SMILES string of the molecule is N=Cc1cc(-c2ccc(C(=C(c3ccccc3)c3ccccc3)c3ccccc3)cc2)ccc1O. The Balaban J connectivity index is 1.72. The van der Waals surface area contributed by atoms with E-state index in [-0.39, 0.29) is 5.75 Å². The van der Waals surface area contributed by atoms with Crippen molar-refractivity contribution >= 4 is 17.4 Å². The van der Waals surface area contributed by atoms with Crippen LogP contribution < -0.4 is 0 Å². The fraction of sp³-hybridized carbons (Fsp3) is 0. The molecule has 2 nitrogen and oxygen atoms in total. The van der Waals surface area contributed by atoms with Gasteiger partial charge in [0, 0.05) is 11.8 Å². The lowest BCUT2D eigenvalue weighted by Crippen LogP contribution is -1.97. The van der Waals surface area contributed by atoms with Gasteiger partial charge in [-0.1, -0.05) is 121 Å². The van der Waals surface area contributed by atoms with Crippen molar-refractivity contribution in [2.45, 2.75) is 0 Å². The number of rotatable bonds is 6. The number of aromatic hydroxyl groups is 1. The number of nitrogens with one attached hydrogen (secondary N) is 1. The molecule has 0 unspecified atom stereocenters. The first-order valence-corrected chi connectivity index (χ1v) is 11.6. The van der Waals surface area contributed by atoms with E-state index in [1.807, 2.05) is 30.3 Å². The van der Waals surface area contributed by atoms with E-state index in [0.29, 0.717) is 5.56 Å². The highest BCUT2D eigenvalue weighted by molar-refractivity contribution is 6.04. The molecule has 2 heteroatoms. The Morgan fingerprint density at radius 3 is 1.31 bits per heavy atom. The van der Waals surface area contributed by atoms with Crippen LogP contribution in [0.1, 0.15) is 27.8 Å². The highest BCUT2D eigenvalue weighted by atomic mass is 16.3. The lowest BCUT2D eigenvalue weighted by Gasteiger charge is -2.18. The summed E-state index contributed by atoms with van der Waals surface area (Å²) < 4.78 is 0. The van der Waals surface area contributed by atoms with Crippen LogP contribution in [-0.2, 0) is 0 Å². The third-order valence-electron chi connectivity index (χ3n) is 6.13. The van der Waals surface area contributed by atoms with Crippen LogP contribution >= 0.6 is 0 Å². The predicted molar refractivity (Wildman–Crippen MR) is 146 cm³/mol. The molecule has 0 aromatic heterocycles. The van der Waals surface area contributed by atoms with Crippen molar-refractivity contribution in [1.82, 2.24) is 0 Å². The van der Waals surface area contributed by atoms with Gasteiger partial charge in [-0.05, 0) is 56.7 Å². The summed E-state index contributed by atoms with van der Waals surface area (Å²) in [5, 5.41) is 17.5. The van der Waals surface area contributed by atoms with E-state index in [4.69, 9.17) is 5.41 Å². The minimum atomic E-state index is 0.116. The Hall–Kier alpha value is -4.69. The highest BCUT2D eigenvalue weighted by Crippen LogP contribution is 2.37. The summed E-state index contributed by atoms with van der Waals surface area (Å²) in [4.78, 5) is 0. The van der Waals surface area contributed by atoms with Gasteiger partial charge in [0.25, 0.3) is 0 Å². The molecule has 0 heterocycles. The van der Waals surface area contributed by atoms with Gasteiger partial charge in [-0.3, -0.25) is 0 Å². The first-order valence-electron chi connectivity index (χ1n) is 11.6. The molecule has 168 valence electrons. The van der Waals surface area contributed by atoms with Crippen molar-refractivity contribution in [3.8, 4) is 16.9 Å². The minimum absolute atomic E-state index is 0.116. The van der Waals surface area contributed by atoms with E-state index in [2.05, 4.69) is 97.1 Å². The van der Waals surface area contributed by atoms with Crippen molar-refractivity contribution in [1.29, 1.82) is 5.41 Å². The van der Waals surface area contributed by atoms with Crippen LogP contribution in [0.5, 0.6) is 5.75 Å². The maximum Gasteiger partial charge on any atom is 0.124 e. The zero-order valence-electron chi connectivity index (χ0n) is 19.2. The molecule has 0 saturated carbocycles. The van der Waals surface area contributed by atoms with Crippen molar-refractivity contribution < 1.29 is 5.11 Å². The molecular formula is C33H25NO. The van der Waals surface area contributed by atoms with E-state index in [1.54, 1.807) is 6.07 Å². The van der Waals surface area contributed by atoms with Gasteiger partial charge < -0.3 is 10.5 Å². The van der Waals surface area contributed by atoms with E-state index >= 15 is 0 Å². The van der Waals surface area contributed by atoms with Crippen LogP contribution in [-0.4, -0.2) is 11.3 Å². The zero-order valence-corrected chi connectivity index (χ0v) is 19.2. The second-order valence-corrected chi connectivity index (χ2v) is 8.34. The van der Waals surface area contributed by atoms with Crippen LogP contribution in [0, 0.1) is 5.41 Å². The van der Waals surface area contributed by atoms with E-state index in [9.17, 15) is 5.11 Å². The van der Waals surface area contributed by atoms with Gasteiger partial charge in [0.15, 0.2) is 0 Å². The molecule has 0 radical (unpaired) electrons. The summed E-state index contributed by atoms with van der Waals surface area (Å²) in [6.07, 6.45) is 1.18. The molecule has 0 fully saturated rings. The molecule has 0 amide bonds. The standard InChI is InChI=1S/C33H25NO/c34-23-30-22-29(20-21-31(30)35)24-16-18-28(19-17-24)33(27-14-8-3-9-15-27)32(25-10-4-1-5-11-25)26-12-6-2-7-13-26/h1-23,34-35H. The van der Waals surface area contributed by atoms with Crippen LogP contribution in [0.25, 0.3) is 22.3 Å². The summed E-state index contributed by atoms with van der Waals surface area (Å²) in [7, 11) is 0. The predicted octanol–water partition coefficient (Wildman–Crippen LogP) is 8.06. The van der Waals surface area contributed by atoms with Gasteiger partial charge >= 0.3 is 0 Å². The molecule has 0 bridgehead atoms. The summed E-state index contributed by atoms with van der Waals surface area (Å²) >= 11 is 0. The number of hydrogen-bond donors (Lipinski definition) is 2. The number of benzene rings is 5. The largest absolute Gasteiger partial charge is 0.507 e. The highest BCUT2D eigenvalue weighted by Gasteiger charge is 2.16. The molecule has 0 aliphatic rings. The molecule has 2 N–H and O–H groups in total. The van der Waals surface area contributed by atoms with E-state index in [1.165, 1.54) is 17.4 Å². The second-order valence-electron chi connectivity index (χ2n) is 8.34. The average Bonchev–Trinajstić information content (AvgIpc) is 2.93. The van der Waals surface area contributed by atoms with Crippen LogP contribution in [0.3, 0.4) is 0 Å². The van der Waals surface area contributed by atoms with Gasteiger partial charge in [-0.2, -0.15) is 0 Å². The monoisotopic (exact) mass is 451 g/mol. The maximum atomic E-state index is 9.95. The van der Waals surface area contributed by atoms with Crippen LogP contribution in [0.4, 0.5) is 0 Å². The molecule has 5 aromatic rings. The Kier molecular flexibility index (Phi) is 6.36.